The van der Waals surface area contributed by atoms with E-state index >= 15 is 0 Å². The molecule has 0 saturated carbocycles. The van der Waals surface area contributed by atoms with E-state index in [9.17, 15) is 14.4 Å². The third-order valence-corrected chi connectivity index (χ3v) is 5.23. The van der Waals surface area contributed by atoms with E-state index in [4.69, 9.17) is 14.2 Å². The maximum atomic E-state index is 12.7. The predicted octanol–water partition coefficient (Wildman–Crippen LogP) is 4.75. The van der Waals surface area contributed by atoms with Gasteiger partial charge in [-0.1, -0.05) is 28.1 Å². The van der Waals surface area contributed by atoms with Gasteiger partial charge in [0.15, 0.2) is 0 Å². The minimum Gasteiger partial charge on any atom is -0.474 e. The largest absolute Gasteiger partial charge is 0.474 e. The quantitative estimate of drug-likeness (QED) is 0.455. The van der Waals surface area contributed by atoms with Crippen LogP contribution in [-0.4, -0.2) is 39.4 Å². The van der Waals surface area contributed by atoms with Crippen LogP contribution in [0.3, 0.4) is 0 Å². The van der Waals surface area contributed by atoms with Gasteiger partial charge in [-0.25, -0.2) is 9.78 Å². The lowest BCUT2D eigenvalue weighted by atomic mass is 10.1. The monoisotopic (exact) mass is 601 g/mol. The highest BCUT2D eigenvalue weighted by atomic mass is 79.9. The molecule has 34 heavy (non-hydrogen) atoms. The fourth-order valence-corrected chi connectivity index (χ4v) is 3.41. The van der Waals surface area contributed by atoms with Gasteiger partial charge in [-0.15, -0.1) is 0 Å². The number of nitrogens with zero attached hydrogens (tertiary/aromatic N) is 2. The van der Waals surface area contributed by atoms with Crippen LogP contribution in [0.25, 0.3) is 0 Å². The van der Waals surface area contributed by atoms with Gasteiger partial charge < -0.3 is 19.5 Å². The molecule has 1 N–H and O–H groups in total. The van der Waals surface area contributed by atoms with Crippen molar-refractivity contribution in [1.29, 1.82) is 0 Å². The molecule has 0 spiro atoms. The summed E-state index contributed by atoms with van der Waals surface area (Å²) < 4.78 is 18.4. The molecular formula is C23H29Br2N3O6. The topological polar surface area (TPSA) is 109 Å². The summed E-state index contributed by atoms with van der Waals surface area (Å²) in [6.45, 7) is 10.2. The Morgan fingerprint density at radius 2 is 1.62 bits per heavy atom. The normalized spacial score (nSPS) is 12.6. The van der Waals surface area contributed by atoms with Crippen LogP contribution in [0, 0.1) is 0 Å². The van der Waals surface area contributed by atoms with Gasteiger partial charge in [0.2, 0.25) is 5.88 Å². The Labute approximate surface area is 215 Å². The number of halogens is 2. The summed E-state index contributed by atoms with van der Waals surface area (Å²) in [5.41, 5.74) is -1.07. The number of carbonyl (C=O) groups excluding carboxylic acids is 2. The molecule has 0 fully saturated rings. The molecule has 1 atom stereocenters. The first kappa shape index (κ1) is 27.8. The maximum Gasteiger partial charge on any atom is 0.408 e. The molecule has 2 rings (SSSR count). The van der Waals surface area contributed by atoms with Crippen molar-refractivity contribution in [1.82, 2.24) is 14.9 Å². The number of benzene rings is 1. The van der Waals surface area contributed by atoms with Crippen LogP contribution < -0.4 is 15.6 Å². The van der Waals surface area contributed by atoms with Crippen LogP contribution >= 0.6 is 31.9 Å². The molecule has 0 aliphatic rings. The molecule has 2 aromatic rings. The van der Waals surface area contributed by atoms with Crippen molar-refractivity contribution in [3.63, 3.8) is 0 Å². The van der Waals surface area contributed by atoms with Crippen LogP contribution in [0.5, 0.6) is 5.88 Å². The number of carbonyl (C=O) groups is 2. The second-order valence-corrected chi connectivity index (χ2v) is 11.2. The van der Waals surface area contributed by atoms with Crippen molar-refractivity contribution < 1.29 is 23.8 Å². The third kappa shape index (κ3) is 9.09. The summed E-state index contributed by atoms with van der Waals surface area (Å²) in [6, 6.07) is 6.75. The molecule has 186 valence electrons. The molecule has 0 bridgehead atoms. The molecular weight excluding hydrogens is 574 g/mol. The fourth-order valence-electron chi connectivity index (χ4n) is 2.70. The lowest BCUT2D eigenvalue weighted by Gasteiger charge is -2.24. The Bertz CT molecular complexity index is 1070. The molecule has 11 heteroatoms. The van der Waals surface area contributed by atoms with Crippen molar-refractivity contribution in [2.24, 2.45) is 0 Å². The molecule has 0 saturated heterocycles. The first-order valence-electron chi connectivity index (χ1n) is 10.5. The SMILES string of the molecule is CC(C)(C)OC(=O)Cn1cnc(OC[C@H](NC(=O)OC(C)(C)C)c2ccc(Br)cc2)c(Br)c1=O. The molecule has 1 aromatic carbocycles. The standard InChI is InChI=1S/C23H29Br2N3O6/c1-22(2,3)33-17(29)11-28-13-26-19(18(25)20(28)30)32-12-16(14-7-9-15(24)10-8-14)27-21(31)34-23(4,5)6/h7-10,13,16H,11-12H2,1-6H3,(H,27,31)/t16-/m0/s1. The van der Waals surface area contributed by atoms with Crippen molar-refractivity contribution in [3.05, 3.63) is 55.5 Å². The van der Waals surface area contributed by atoms with E-state index in [0.717, 1.165) is 14.6 Å². The summed E-state index contributed by atoms with van der Waals surface area (Å²) >= 11 is 6.59. The Balaban J connectivity index is 2.18. The Morgan fingerprint density at radius 3 is 2.18 bits per heavy atom. The van der Waals surface area contributed by atoms with Gasteiger partial charge in [-0.05, 0) is 75.2 Å². The van der Waals surface area contributed by atoms with E-state index in [1.807, 2.05) is 24.3 Å². The summed E-state index contributed by atoms with van der Waals surface area (Å²) in [5.74, 6) is -0.535. The molecule has 0 radical (unpaired) electrons. The Hall–Kier alpha value is -2.40. The molecule has 1 heterocycles. The fraction of sp³-hybridized carbons (Fsp3) is 0.478. The lowest BCUT2D eigenvalue weighted by Crippen LogP contribution is -2.37. The second-order valence-electron chi connectivity index (χ2n) is 9.44. The van der Waals surface area contributed by atoms with Gasteiger partial charge in [-0.2, -0.15) is 0 Å². The number of ether oxygens (including phenoxy) is 3. The van der Waals surface area contributed by atoms with E-state index in [1.165, 1.54) is 6.33 Å². The number of rotatable bonds is 7. The van der Waals surface area contributed by atoms with Crippen LogP contribution in [0.2, 0.25) is 0 Å². The van der Waals surface area contributed by atoms with Crippen LogP contribution in [0.4, 0.5) is 4.79 Å². The minimum absolute atomic E-state index is 0.0258. The van der Waals surface area contributed by atoms with E-state index in [-0.39, 0.29) is 23.5 Å². The highest BCUT2D eigenvalue weighted by Crippen LogP contribution is 2.22. The third-order valence-electron chi connectivity index (χ3n) is 4.02. The minimum atomic E-state index is -0.669. The Morgan fingerprint density at radius 1 is 1.03 bits per heavy atom. The number of nitrogens with one attached hydrogen (secondary N) is 1. The van der Waals surface area contributed by atoms with Crippen LogP contribution in [0.15, 0.2) is 44.3 Å². The summed E-state index contributed by atoms with van der Waals surface area (Å²) in [4.78, 5) is 41.2. The van der Waals surface area contributed by atoms with Crippen molar-refractivity contribution >= 4 is 43.9 Å². The number of hydrogen-bond acceptors (Lipinski definition) is 7. The molecule has 0 aliphatic heterocycles. The van der Waals surface area contributed by atoms with Crippen LogP contribution in [0.1, 0.15) is 53.1 Å². The first-order valence-corrected chi connectivity index (χ1v) is 12.1. The maximum absolute atomic E-state index is 12.7. The average molecular weight is 603 g/mol. The van der Waals surface area contributed by atoms with E-state index in [1.54, 1.807) is 41.5 Å². The van der Waals surface area contributed by atoms with E-state index in [0.29, 0.717) is 0 Å². The molecule has 1 amide bonds. The highest BCUT2D eigenvalue weighted by Gasteiger charge is 2.23. The second kappa shape index (κ2) is 11.4. The van der Waals surface area contributed by atoms with E-state index < -0.39 is 34.9 Å². The van der Waals surface area contributed by atoms with Crippen molar-refractivity contribution in [2.75, 3.05) is 6.61 Å². The Kier molecular flexibility index (Phi) is 9.29. The number of esters is 1. The van der Waals surface area contributed by atoms with Gasteiger partial charge in [0.05, 0.1) is 6.04 Å². The van der Waals surface area contributed by atoms with Crippen molar-refractivity contribution in [3.8, 4) is 5.88 Å². The lowest BCUT2D eigenvalue weighted by molar-refractivity contribution is -0.155. The van der Waals surface area contributed by atoms with Gasteiger partial charge >= 0.3 is 12.1 Å². The first-order chi connectivity index (χ1) is 15.6. The summed E-state index contributed by atoms with van der Waals surface area (Å²) in [5, 5.41) is 2.78. The van der Waals surface area contributed by atoms with Crippen molar-refractivity contribution in [2.45, 2.75) is 65.3 Å². The zero-order valence-electron chi connectivity index (χ0n) is 20.0. The molecule has 0 aliphatic carbocycles. The number of hydrogen-bond donors (Lipinski definition) is 1. The zero-order chi connectivity index (χ0) is 25.7. The average Bonchev–Trinajstić information content (AvgIpc) is 2.68. The zero-order valence-corrected chi connectivity index (χ0v) is 23.2. The van der Waals surface area contributed by atoms with E-state index in [2.05, 4.69) is 42.2 Å². The summed E-state index contributed by atoms with van der Waals surface area (Å²) in [6.07, 6.45) is 0.603. The van der Waals surface area contributed by atoms with Gasteiger partial charge in [0.1, 0.15) is 35.2 Å². The van der Waals surface area contributed by atoms with Gasteiger partial charge in [0, 0.05) is 4.47 Å². The number of aromatic nitrogens is 2. The number of alkyl carbamates (subject to hydrolysis) is 1. The molecule has 9 nitrogen and oxygen atoms in total. The smallest absolute Gasteiger partial charge is 0.408 e. The summed E-state index contributed by atoms with van der Waals surface area (Å²) in [7, 11) is 0. The molecule has 1 aromatic heterocycles. The highest BCUT2D eigenvalue weighted by molar-refractivity contribution is 9.10. The van der Waals surface area contributed by atoms with Gasteiger partial charge in [-0.3, -0.25) is 14.2 Å². The predicted molar refractivity (Wildman–Crippen MR) is 134 cm³/mol. The van der Waals surface area contributed by atoms with Gasteiger partial charge in [0.25, 0.3) is 5.56 Å². The molecule has 0 unspecified atom stereocenters. The number of amides is 1. The van der Waals surface area contributed by atoms with Crippen LogP contribution in [-0.2, 0) is 20.8 Å².